The van der Waals surface area contributed by atoms with Crippen molar-refractivity contribution in [3.63, 3.8) is 0 Å². The van der Waals surface area contributed by atoms with Gasteiger partial charge in [0.15, 0.2) is 0 Å². The van der Waals surface area contributed by atoms with Crippen LogP contribution in [0.5, 0.6) is 0 Å². The number of hydrogen-bond acceptors (Lipinski definition) is 5. The summed E-state index contributed by atoms with van der Waals surface area (Å²) in [4.78, 5) is 24.0. The molecule has 0 atom stereocenters. The first-order valence-corrected chi connectivity index (χ1v) is 10.1. The average molecular weight is 400 g/mol. The Hall–Kier alpha value is -3.04. The largest absolute Gasteiger partial charge is 0.350 e. The number of rotatable bonds is 7. The molecule has 0 saturated heterocycles. The van der Waals surface area contributed by atoms with E-state index in [4.69, 9.17) is 0 Å². The van der Waals surface area contributed by atoms with Crippen molar-refractivity contribution in [3.05, 3.63) is 70.1 Å². The third-order valence-corrected chi connectivity index (χ3v) is 5.68. The Balaban J connectivity index is 1.55. The summed E-state index contributed by atoms with van der Waals surface area (Å²) in [5, 5.41) is 10.2. The van der Waals surface area contributed by atoms with Crippen LogP contribution >= 0.6 is 0 Å². The number of aryl methyl sites for hydroxylation is 1. The highest BCUT2D eigenvalue weighted by atomic mass is 32.2. The molecule has 1 heterocycles. The number of sulfonamides is 1. The summed E-state index contributed by atoms with van der Waals surface area (Å²) in [7, 11) is -3.66. The normalized spacial score (nSPS) is 11.5. The maximum atomic E-state index is 12.2. The Morgan fingerprint density at radius 1 is 1.07 bits per heavy atom. The molecule has 146 valence electrons. The number of amides is 1. The fourth-order valence-corrected chi connectivity index (χ4v) is 3.71. The quantitative estimate of drug-likeness (QED) is 0.551. The topological polar surface area (TPSA) is 121 Å². The first kappa shape index (κ1) is 19.7. The maximum Gasteiger partial charge on any atom is 0.272 e. The second-order valence-corrected chi connectivity index (χ2v) is 8.05. The van der Waals surface area contributed by atoms with Gasteiger partial charge < -0.3 is 5.32 Å². The Morgan fingerprint density at radius 2 is 1.75 bits per heavy atom. The van der Waals surface area contributed by atoms with E-state index >= 15 is 0 Å². The van der Waals surface area contributed by atoms with Crippen LogP contribution in [0.2, 0.25) is 0 Å². The number of carbonyl (C=O) groups excluding carboxylic acids is 1. The van der Waals surface area contributed by atoms with E-state index in [1.54, 1.807) is 36.4 Å². The zero-order chi connectivity index (χ0) is 20.1. The van der Waals surface area contributed by atoms with Gasteiger partial charge in [-0.15, -0.1) is 0 Å². The number of H-pyrrole nitrogens is 1. The van der Waals surface area contributed by atoms with Gasteiger partial charge in [0.2, 0.25) is 15.9 Å². The predicted molar refractivity (Wildman–Crippen MR) is 105 cm³/mol. The monoisotopic (exact) mass is 400 g/mol. The van der Waals surface area contributed by atoms with Crippen LogP contribution in [0.1, 0.15) is 17.7 Å². The van der Waals surface area contributed by atoms with Crippen LogP contribution in [0, 0.1) is 6.92 Å². The van der Waals surface area contributed by atoms with Gasteiger partial charge in [0.1, 0.15) is 0 Å². The van der Waals surface area contributed by atoms with Crippen molar-refractivity contribution >= 4 is 26.7 Å². The van der Waals surface area contributed by atoms with Crippen LogP contribution in [0.3, 0.4) is 0 Å². The number of nitrogens with one attached hydrogen (secondary N) is 3. The SMILES string of the molecule is Cc1ccc(S(=O)(=O)NCCC(=O)NCc2n[nH]c(=O)c3ccccc23)cc1. The van der Waals surface area contributed by atoms with E-state index in [1.165, 1.54) is 12.1 Å². The van der Waals surface area contributed by atoms with E-state index in [2.05, 4.69) is 20.2 Å². The van der Waals surface area contributed by atoms with Crippen molar-refractivity contribution in [1.82, 2.24) is 20.2 Å². The number of aromatic nitrogens is 2. The zero-order valence-electron chi connectivity index (χ0n) is 15.2. The molecular formula is C19H20N4O4S. The van der Waals surface area contributed by atoms with Crippen LogP contribution in [0.4, 0.5) is 0 Å². The van der Waals surface area contributed by atoms with E-state index in [-0.39, 0.29) is 35.9 Å². The Kier molecular flexibility index (Phi) is 5.86. The number of nitrogens with zero attached hydrogens (tertiary/aromatic N) is 1. The van der Waals surface area contributed by atoms with E-state index < -0.39 is 10.0 Å². The van der Waals surface area contributed by atoms with Gasteiger partial charge in [-0.3, -0.25) is 9.59 Å². The number of hydrogen-bond donors (Lipinski definition) is 3. The van der Waals surface area contributed by atoms with Crippen molar-refractivity contribution in [1.29, 1.82) is 0 Å². The van der Waals surface area contributed by atoms with Crippen LogP contribution in [0.25, 0.3) is 10.8 Å². The van der Waals surface area contributed by atoms with E-state index in [0.717, 1.165) is 5.56 Å². The van der Waals surface area contributed by atoms with Gasteiger partial charge in [-0.2, -0.15) is 5.10 Å². The molecule has 2 aromatic carbocycles. The average Bonchev–Trinajstić information content (AvgIpc) is 2.68. The van der Waals surface area contributed by atoms with E-state index in [9.17, 15) is 18.0 Å². The summed E-state index contributed by atoms with van der Waals surface area (Å²) in [6, 6.07) is 13.4. The predicted octanol–water partition coefficient (Wildman–Crippen LogP) is 1.22. The van der Waals surface area contributed by atoms with Gasteiger partial charge in [-0.25, -0.2) is 18.2 Å². The smallest absolute Gasteiger partial charge is 0.272 e. The van der Waals surface area contributed by atoms with Crippen LogP contribution in [-0.2, 0) is 21.4 Å². The maximum absolute atomic E-state index is 12.2. The summed E-state index contributed by atoms with van der Waals surface area (Å²) in [6.07, 6.45) is -0.0215. The fourth-order valence-electron chi connectivity index (χ4n) is 2.68. The molecule has 0 unspecified atom stereocenters. The molecule has 0 saturated carbocycles. The Bertz CT molecular complexity index is 1150. The van der Waals surface area contributed by atoms with E-state index in [1.807, 2.05) is 6.92 Å². The van der Waals surface area contributed by atoms with Crippen LogP contribution in [-0.4, -0.2) is 31.1 Å². The molecule has 0 spiro atoms. The van der Waals surface area contributed by atoms with E-state index in [0.29, 0.717) is 16.5 Å². The molecule has 0 bridgehead atoms. The highest BCUT2D eigenvalue weighted by Gasteiger charge is 2.14. The molecule has 0 aliphatic carbocycles. The molecule has 0 radical (unpaired) electrons. The summed E-state index contributed by atoms with van der Waals surface area (Å²) >= 11 is 0. The standard InChI is InChI=1S/C19H20N4O4S/c1-13-6-8-14(9-7-13)28(26,27)21-11-10-18(24)20-12-17-15-4-2-3-5-16(15)19(25)23-22-17/h2-9,21H,10-12H2,1H3,(H,20,24)(H,23,25). The van der Waals surface area contributed by atoms with Gasteiger partial charge in [-0.1, -0.05) is 35.9 Å². The third kappa shape index (κ3) is 4.62. The summed E-state index contributed by atoms with van der Waals surface area (Å²) < 4.78 is 26.8. The van der Waals surface area contributed by atoms with Crippen molar-refractivity contribution in [2.75, 3.05) is 6.54 Å². The molecule has 3 rings (SSSR count). The lowest BCUT2D eigenvalue weighted by Gasteiger charge is -2.09. The van der Waals surface area contributed by atoms with Gasteiger partial charge in [0, 0.05) is 18.4 Å². The molecule has 3 N–H and O–H groups in total. The molecular weight excluding hydrogens is 380 g/mol. The van der Waals surface area contributed by atoms with Crippen molar-refractivity contribution in [3.8, 4) is 0 Å². The van der Waals surface area contributed by atoms with Crippen LogP contribution in [0.15, 0.2) is 58.2 Å². The molecule has 3 aromatic rings. The third-order valence-electron chi connectivity index (χ3n) is 4.20. The molecule has 0 aliphatic rings. The zero-order valence-corrected chi connectivity index (χ0v) is 16.0. The highest BCUT2D eigenvalue weighted by Crippen LogP contribution is 2.12. The Morgan fingerprint density at radius 3 is 2.46 bits per heavy atom. The lowest BCUT2D eigenvalue weighted by molar-refractivity contribution is -0.121. The van der Waals surface area contributed by atoms with Gasteiger partial charge in [0.25, 0.3) is 5.56 Å². The molecule has 0 fully saturated rings. The minimum Gasteiger partial charge on any atom is -0.350 e. The van der Waals surface area contributed by atoms with Crippen molar-refractivity contribution < 1.29 is 13.2 Å². The molecule has 28 heavy (non-hydrogen) atoms. The summed E-state index contributed by atoms with van der Waals surface area (Å²) in [5.41, 5.74) is 1.20. The van der Waals surface area contributed by atoms with Crippen molar-refractivity contribution in [2.24, 2.45) is 0 Å². The first-order chi connectivity index (χ1) is 13.4. The second kappa shape index (κ2) is 8.32. The Labute approximate surface area is 162 Å². The van der Waals surface area contributed by atoms with Gasteiger partial charge in [-0.05, 0) is 25.1 Å². The minimum absolute atomic E-state index is 0.0215. The lowest BCUT2D eigenvalue weighted by Crippen LogP contribution is -2.31. The molecule has 8 nitrogen and oxygen atoms in total. The minimum atomic E-state index is -3.66. The molecule has 1 aromatic heterocycles. The number of carbonyl (C=O) groups is 1. The lowest BCUT2D eigenvalue weighted by atomic mass is 10.1. The second-order valence-electron chi connectivity index (χ2n) is 6.28. The van der Waals surface area contributed by atoms with Crippen LogP contribution < -0.4 is 15.6 Å². The number of aromatic amines is 1. The fraction of sp³-hybridized carbons (Fsp3) is 0.211. The number of benzene rings is 2. The molecule has 1 amide bonds. The summed E-state index contributed by atoms with van der Waals surface area (Å²) in [6.45, 7) is 1.97. The van der Waals surface area contributed by atoms with Gasteiger partial charge in [0.05, 0.1) is 22.5 Å². The molecule has 9 heteroatoms. The van der Waals surface area contributed by atoms with Crippen molar-refractivity contribution in [2.45, 2.75) is 24.8 Å². The summed E-state index contributed by atoms with van der Waals surface area (Å²) in [5.74, 6) is -0.330. The number of fused-ring (bicyclic) bond motifs is 1. The first-order valence-electron chi connectivity index (χ1n) is 8.66. The molecule has 0 aliphatic heterocycles. The van der Waals surface area contributed by atoms with Gasteiger partial charge >= 0.3 is 0 Å². The highest BCUT2D eigenvalue weighted by molar-refractivity contribution is 7.89.